The van der Waals surface area contributed by atoms with Crippen LogP contribution in [-0.4, -0.2) is 26.2 Å². The van der Waals surface area contributed by atoms with Gasteiger partial charge in [-0.25, -0.2) is 9.97 Å². The molecule has 0 aromatic carbocycles. The van der Waals surface area contributed by atoms with Crippen molar-refractivity contribution >= 4 is 50.9 Å². The predicted molar refractivity (Wildman–Crippen MR) is 93.0 cm³/mol. The second kappa shape index (κ2) is 5.39. The van der Waals surface area contributed by atoms with Crippen molar-refractivity contribution in [3.05, 3.63) is 16.3 Å². The van der Waals surface area contributed by atoms with Gasteiger partial charge in [0.05, 0.1) is 10.6 Å². The van der Waals surface area contributed by atoms with Crippen molar-refractivity contribution < 1.29 is 0 Å². The number of thioether (sulfide) groups is 2. The van der Waals surface area contributed by atoms with Gasteiger partial charge in [-0.05, 0) is 19.4 Å². The van der Waals surface area contributed by atoms with Crippen LogP contribution in [0.1, 0.15) is 35.4 Å². The van der Waals surface area contributed by atoms with Gasteiger partial charge in [0.25, 0.3) is 0 Å². The Morgan fingerprint density at radius 3 is 2.60 bits per heavy atom. The van der Waals surface area contributed by atoms with E-state index in [-0.39, 0.29) is 0 Å². The number of nitrogens with zero attached hydrogens (tertiary/aromatic N) is 2. The molecule has 0 saturated carbocycles. The monoisotopic (exact) mass is 325 g/mol. The Kier molecular flexibility index (Phi) is 3.90. The summed E-state index contributed by atoms with van der Waals surface area (Å²) in [5.74, 6) is 2.63. The quantitative estimate of drug-likeness (QED) is 0.852. The minimum absolute atomic E-state index is 0.362. The molecule has 3 heterocycles. The largest absolute Gasteiger partial charge is 0.383 e. The standard InChI is InChI=1S/C14H19N3S3/c1-6-7(2)20-14-11(6)12(15)16-13(17-14)10-5-18-8(3)9(4)19-10/h8-10H,5H2,1-4H3,(H2,15,16,17). The fourth-order valence-electron chi connectivity index (χ4n) is 2.36. The summed E-state index contributed by atoms with van der Waals surface area (Å²) in [6.07, 6.45) is 0. The van der Waals surface area contributed by atoms with E-state index in [9.17, 15) is 0 Å². The van der Waals surface area contributed by atoms with Crippen LogP contribution in [0, 0.1) is 13.8 Å². The molecule has 1 aliphatic heterocycles. The lowest BCUT2D eigenvalue weighted by Crippen LogP contribution is -2.23. The summed E-state index contributed by atoms with van der Waals surface area (Å²) in [4.78, 5) is 11.7. The zero-order chi connectivity index (χ0) is 14.4. The van der Waals surface area contributed by atoms with Crippen molar-refractivity contribution in [2.24, 2.45) is 0 Å². The number of hydrogen-bond acceptors (Lipinski definition) is 6. The van der Waals surface area contributed by atoms with Crippen molar-refractivity contribution in [1.82, 2.24) is 9.97 Å². The molecule has 0 amide bonds. The number of nitrogens with two attached hydrogens (primary N) is 1. The first-order valence-electron chi connectivity index (χ1n) is 6.77. The van der Waals surface area contributed by atoms with Crippen LogP contribution in [-0.2, 0) is 0 Å². The number of aromatic nitrogens is 2. The van der Waals surface area contributed by atoms with Gasteiger partial charge >= 0.3 is 0 Å². The van der Waals surface area contributed by atoms with Gasteiger partial charge in [-0.2, -0.15) is 11.8 Å². The predicted octanol–water partition coefficient (Wildman–Crippen LogP) is 4.19. The highest BCUT2D eigenvalue weighted by molar-refractivity contribution is 8.07. The molecule has 2 aromatic heterocycles. The Labute approximate surface area is 132 Å². The molecule has 3 atom stereocenters. The third kappa shape index (κ3) is 2.42. The van der Waals surface area contributed by atoms with Crippen LogP contribution in [0.15, 0.2) is 0 Å². The van der Waals surface area contributed by atoms with Crippen LogP contribution < -0.4 is 5.73 Å². The molecule has 108 valence electrons. The minimum atomic E-state index is 0.362. The van der Waals surface area contributed by atoms with Gasteiger partial charge in [-0.1, -0.05) is 13.8 Å². The fourth-order valence-corrected chi connectivity index (χ4v) is 6.25. The molecule has 0 spiro atoms. The Bertz CT molecular complexity index is 653. The fraction of sp³-hybridized carbons (Fsp3) is 0.571. The third-order valence-corrected chi connectivity index (χ3v) is 8.40. The van der Waals surface area contributed by atoms with Crippen LogP contribution in [0.5, 0.6) is 0 Å². The van der Waals surface area contributed by atoms with Gasteiger partial charge in [-0.3, -0.25) is 0 Å². The Morgan fingerprint density at radius 1 is 1.15 bits per heavy atom. The Hall–Kier alpha value is -0.460. The molecule has 6 heteroatoms. The molecular weight excluding hydrogens is 306 g/mol. The van der Waals surface area contributed by atoms with Gasteiger partial charge in [0.2, 0.25) is 0 Å². The van der Waals surface area contributed by atoms with E-state index in [4.69, 9.17) is 10.7 Å². The molecule has 3 unspecified atom stereocenters. The first kappa shape index (κ1) is 14.5. The van der Waals surface area contributed by atoms with E-state index in [1.54, 1.807) is 11.3 Å². The molecule has 1 fully saturated rings. The maximum atomic E-state index is 6.18. The van der Waals surface area contributed by atoms with E-state index in [1.165, 1.54) is 10.4 Å². The highest BCUT2D eigenvalue weighted by atomic mass is 32.2. The number of hydrogen-bond donors (Lipinski definition) is 1. The molecule has 3 rings (SSSR count). The van der Waals surface area contributed by atoms with E-state index in [0.717, 1.165) is 21.8 Å². The number of nitrogen functional groups attached to an aromatic ring is 1. The van der Waals surface area contributed by atoms with Crippen LogP contribution in [0.25, 0.3) is 10.2 Å². The van der Waals surface area contributed by atoms with E-state index in [2.05, 4.69) is 32.7 Å². The molecule has 0 radical (unpaired) electrons. The highest BCUT2D eigenvalue weighted by Crippen LogP contribution is 2.44. The van der Waals surface area contributed by atoms with Gasteiger partial charge < -0.3 is 5.73 Å². The van der Waals surface area contributed by atoms with Gasteiger partial charge in [-0.15, -0.1) is 23.1 Å². The molecule has 2 aromatic rings. The molecule has 3 nitrogen and oxygen atoms in total. The Morgan fingerprint density at radius 2 is 1.90 bits per heavy atom. The SMILES string of the molecule is Cc1sc2nc(C3CSC(C)C(C)S3)nc(N)c2c1C. The maximum absolute atomic E-state index is 6.18. The van der Waals surface area contributed by atoms with Crippen molar-refractivity contribution in [1.29, 1.82) is 0 Å². The van der Waals surface area contributed by atoms with Gasteiger partial charge in [0.15, 0.2) is 0 Å². The summed E-state index contributed by atoms with van der Waals surface area (Å²) in [6.45, 7) is 8.80. The van der Waals surface area contributed by atoms with Crippen molar-refractivity contribution in [2.75, 3.05) is 11.5 Å². The lowest BCUT2D eigenvalue weighted by Gasteiger charge is -2.30. The summed E-state index contributed by atoms with van der Waals surface area (Å²) in [7, 11) is 0. The van der Waals surface area contributed by atoms with Crippen LogP contribution in [0.3, 0.4) is 0 Å². The van der Waals surface area contributed by atoms with Gasteiger partial charge in [0, 0.05) is 21.1 Å². The summed E-state index contributed by atoms with van der Waals surface area (Å²) < 4.78 is 0. The van der Waals surface area contributed by atoms with Crippen molar-refractivity contribution in [2.45, 2.75) is 43.4 Å². The maximum Gasteiger partial charge on any atom is 0.146 e. The van der Waals surface area contributed by atoms with Crippen LogP contribution >= 0.6 is 34.9 Å². The van der Waals surface area contributed by atoms with Crippen LogP contribution in [0.2, 0.25) is 0 Å². The number of rotatable bonds is 1. The zero-order valence-corrected chi connectivity index (χ0v) is 14.6. The first-order valence-corrected chi connectivity index (χ1v) is 9.58. The van der Waals surface area contributed by atoms with Crippen molar-refractivity contribution in [3.63, 3.8) is 0 Å². The van der Waals surface area contributed by atoms with Crippen LogP contribution in [0.4, 0.5) is 5.82 Å². The highest BCUT2D eigenvalue weighted by Gasteiger charge is 2.29. The third-order valence-electron chi connectivity index (χ3n) is 3.91. The summed E-state index contributed by atoms with van der Waals surface area (Å²) >= 11 is 5.71. The molecule has 0 aliphatic carbocycles. The molecular formula is C14H19N3S3. The molecule has 20 heavy (non-hydrogen) atoms. The topological polar surface area (TPSA) is 51.8 Å². The molecule has 1 saturated heterocycles. The lowest BCUT2D eigenvalue weighted by atomic mass is 10.2. The zero-order valence-electron chi connectivity index (χ0n) is 12.1. The van der Waals surface area contributed by atoms with E-state index < -0.39 is 0 Å². The number of anilines is 1. The summed E-state index contributed by atoms with van der Waals surface area (Å²) in [5.41, 5.74) is 7.40. The average Bonchev–Trinajstić information content (AvgIpc) is 2.68. The number of fused-ring (bicyclic) bond motifs is 1. The molecule has 1 aliphatic rings. The second-order valence-corrected chi connectivity index (χ2v) is 9.50. The lowest BCUT2D eigenvalue weighted by molar-refractivity contribution is 0.867. The smallest absolute Gasteiger partial charge is 0.146 e. The van der Waals surface area contributed by atoms with Gasteiger partial charge in [0.1, 0.15) is 16.5 Å². The normalized spacial score (nSPS) is 27.1. The van der Waals surface area contributed by atoms with E-state index in [0.29, 0.717) is 21.6 Å². The Balaban J connectivity index is 2.01. The van der Waals surface area contributed by atoms with E-state index in [1.807, 2.05) is 23.5 Å². The minimum Gasteiger partial charge on any atom is -0.383 e. The average molecular weight is 326 g/mol. The number of thiophene rings is 1. The molecule has 2 N–H and O–H groups in total. The van der Waals surface area contributed by atoms with E-state index >= 15 is 0 Å². The molecule has 0 bridgehead atoms. The number of aryl methyl sites for hydroxylation is 2. The van der Waals surface area contributed by atoms with Crippen molar-refractivity contribution in [3.8, 4) is 0 Å². The summed E-state index contributed by atoms with van der Waals surface area (Å²) in [5, 5.41) is 2.74. The second-order valence-electron chi connectivity index (χ2n) is 5.30. The summed E-state index contributed by atoms with van der Waals surface area (Å²) in [6, 6.07) is 0. The first-order chi connectivity index (χ1) is 9.47.